The van der Waals surface area contributed by atoms with Gasteiger partial charge in [-0.25, -0.2) is 0 Å². The average Bonchev–Trinajstić information content (AvgIpc) is 3.67. The first-order valence-electron chi connectivity index (χ1n) is 21.2. The van der Waals surface area contributed by atoms with Crippen molar-refractivity contribution >= 4 is 56.1 Å². The Morgan fingerprint density at radius 2 is 0.842 bits per heavy atom. The molecule has 0 radical (unpaired) electrons. The van der Waals surface area contributed by atoms with Crippen molar-refractivity contribution in [2.75, 3.05) is 9.80 Å². The van der Waals surface area contributed by atoms with E-state index in [2.05, 4.69) is 174 Å². The lowest BCUT2D eigenvalue weighted by molar-refractivity contribution is 0.346. The Morgan fingerprint density at radius 3 is 1.44 bits per heavy atom. The monoisotopic (exact) mass is 742 g/mol. The van der Waals surface area contributed by atoms with Gasteiger partial charge in [-0.3, -0.25) is 0 Å². The SMILES string of the molecule is c1ccc(N(c2ccc(C3CCCCC3)cc2)c2ccc(C3(c4ccc(N(c5ccccc5)c5ccc6oc7ccccc7c6c5)cc4)CCCCC3)cc2)cc1. The molecule has 0 saturated heterocycles. The number of nitrogens with zero attached hydrogens (tertiary/aromatic N) is 2. The maximum atomic E-state index is 6.20. The van der Waals surface area contributed by atoms with Crippen molar-refractivity contribution in [3.63, 3.8) is 0 Å². The minimum Gasteiger partial charge on any atom is -0.456 e. The molecule has 3 nitrogen and oxygen atoms in total. The summed E-state index contributed by atoms with van der Waals surface area (Å²) in [6, 6.07) is 64.9. The van der Waals surface area contributed by atoms with Gasteiger partial charge in [0.25, 0.3) is 0 Å². The summed E-state index contributed by atoms with van der Waals surface area (Å²) in [6.45, 7) is 0. The van der Waals surface area contributed by atoms with E-state index in [1.54, 1.807) is 0 Å². The van der Waals surface area contributed by atoms with Crippen molar-refractivity contribution in [2.45, 2.75) is 75.5 Å². The highest BCUT2D eigenvalue weighted by atomic mass is 16.3. The minimum absolute atomic E-state index is 0.0271. The topological polar surface area (TPSA) is 19.6 Å². The molecule has 0 aliphatic heterocycles. The molecule has 2 fully saturated rings. The van der Waals surface area contributed by atoms with E-state index in [-0.39, 0.29) is 5.41 Å². The highest BCUT2D eigenvalue weighted by molar-refractivity contribution is 6.06. The number of anilines is 6. The zero-order valence-corrected chi connectivity index (χ0v) is 32.7. The van der Waals surface area contributed by atoms with Gasteiger partial charge in [0.1, 0.15) is 11.2 Å². The molecule has 10 rings (SSSR count). The zero-order chi connectivity index (χ0) is 38.0. The first-order valence-corrected chi connectivity index (χ1v) is 21.2. The fraction of sp³-hybridized carbons (Fsp3) is 0.222. The standard InChI is InChI=1S/C54H50N2O/c1-5-15-40(16-6-1)41-23-29-46(30-24-41)55(44-17-7-2-8-18-44)47-31-25-42(26-32-47)54(37-13-4-14-38-54)43-27-33-48(34-28-43)56(45-19-9-3-10-20-45)49-35-36-53-51(39-49)50-21-11-12-22-52(50)57-53/h2-3,7-12,17-36,39-40H,1,4-6,13-16,37-38H2. The summed E-state index contributed by atoms with van der Waals surface area (Å²) in [6.07, 6.45) is 12.8. The highest BCUT2D eigenvalue weighted by Gasteiger charge is 2.36. The van der Waals surface area contributed by atoms with Crippen molar-refractivity contribution in [1.29, 1.82) is 0 Å². The molecule has 0 N–H and O–H groups in total. The number of para-hydroxylation sites is 3. The van der Waals surface area contributed by atoms with Gasteiger partial charge in [-0.05, 0) is 133 Å². The van der Waals surface area contributed by atoms with Crippen LogP contribution in [-0.2, 0) is 5.41 Å². The molecule has 0 bridgehead atoms. The van der Waals surface area contributed by atoms with Crippen molar-refractivity contribution in [2.24, 2.45) is 0 Å². The van der Waals surface area contributed by atoms with Crippen LogP contribution < -0.4 is 9.80 Å². The van der Waals surface area contributed by atoms with E-state index < -0.39 is 0 Å². The lowest BCUT2D eigenvalue weighted by atomic mass is 9.65. The third-order valence-corrected chi connectivity index (χ3v) is 12.9. The molecule has 1 aromatic heterocycles. The maximum absolute atomic E-state index is 6.20. The minimum atomic E-state index is -0.0271. The normalized spacial score (nSPS) is 15.8. The molecule has 0 atom stereocenters. The summed E-state index contributed by atoms with van der Waals surface area (Å²) in [5.74, 6) is 0.701. The summed E-state index contributed by atoms with van der Waals surface area (Å²) in [5, 5.41) is 2.27. The van der Waals surface area contributed by atoms with E-state index in [0.29, 0.717) is 5.92 Å². The summed E-state index contributed by atoms with van der Waals surface area (Å²) in [4.78, 5) is 4.78. The van der Waals surface area contributed by atoms with E-state index in [0.717, 1.165) is 51.8 Å². The molecule has 3 heteroatoms. The van der Waals surface area contributed by atoms with Crippen LogP contribution in [0.4, 0.5) is 34.1 Å². The first-order chi connectivity index (χ1) is 28.2. The Balaban J connectivity index is 0.990. The molecule has 282 valence electrons. The van der Waals surface area contributed by atoms with Gasteiger partial charge in [-0.15, -0.1) is 0 Å². The number of furan rings is 1. The van der Waals surface area contributed by atoms with Gasteiger partial charge in [0.2, 0.25) is 0 Å². The summed E-state index contributed by atoms with van der Waals surface area (Å²) >= 11 is 0. The van der Waals surface area contributed by atoms with Gasteiger partial charge in [0.05, 0.1) is 0 Å². The van der Waals surface area contributed by atoms with Crippen LogP contribution in [-0.4, -0.2) is 0 Å². The third-order valence-electron chi connectivity index (χ3n) is 12.9. The quantitative estimate of drug-likeness (QED) is 0.147. The molecule has 0 spiro atoms. The molecular weight excluding hydrogens is 693 g/mol. The summed E-state index contributed by atoms with van der Waals surface area (Å²) in [7, 11) is 0. The van der Waals surface area contributed by atoms with Crippen LogP contribution in [0.1, 0.15) is 86.8 Å². The predicted octanol–water partition coefficient (Wildman–Crippen LogP) is 15.8. The Hall–Kier alpha value is -6.06. The van der Waals surface area contributed by atoms with Crippen LogP contribution in [0.25, 0.3) is 21.9 Å². The lowest BCUT2D eigenvalue weighted by Crippen LogP contribution is -2.30. The molecule has 2 aliphatic carbocycles. The van der Waals surface area contributed by atoms with Gasteiger partial charge in [-0.2, -0.15) is 0 Å². The van der Waals surface area contributed by atoms with Crippen molar-refractivity contribution in [1.82, 2.24) is 0 Å². The van der Waals surface area contributed by atoms with Crippen LogP contribution in [0.5, 0.6) is 0 Å². The van der Waals surface area contributed by atoms with Gasteiger partial charge < -0.3 is 14.2 Å². The largest absolute Gasteiger partial charge is 0.456 e. The van der Waals surface area contributed by atoms with Crippen LogP contribution >= 0.6 is 0 Å². The van der Waals surface area contributed by atoms with E-state index in [1.165, 1.54) is 85.1 Å². The molecular formula is C54H50N2O. The Morgan fingerprint density at radius 1 is 0.386 bits per heavy atom. The van der Waals surface area contributed by atoms with E-state index in [1.807, 2.05) is 12.1 Å². The van der Waals surface area contributed by atoms with E-state index in [4.69, 9.17) is 4.42 Å². The number of hydrogen-bond donors (Lipinski definition) is 0. The Kier molecular flexibility index (Phi) is 9.60. The molecule has 7 aromatic carbocycles. The number of fused-ring (bicyclic) bond motifs is 3. The van der Waals surface area contributed by atoms with Gasteiger partial charge in [0.15, 0.2) is 0 Å². The van der Waals surface area contributed by atoms with Crippen LogP contribution in [0.15, 0.2) is 180 Å². The van der Waals surface area contributed by atoms with Crippen LogP contribution in [0.2, 0.25) is 0 Å². The molecule has 1 heterocycles. The fourth-order valence-corrected chi connectivity index (χ4v) is 9.99. The summed E-state index contributed by atoms with van der Waals surface area (Å²) < 4.78 is 6.20. The van der Waals surface area contributed by atoms with E-state index in [9.17, 15) is 0 Å². The van der Waals surface area contributed by atoms with Crippen molar-refractivity contribution < 1.29 is 4.42 Å². The Labute approximate surface area is 337 Å². The predicted molar refractivity (Wildman–Crippen MR) is 239 cm³/mol. The Bertz CT molecular complexity index is 2560. The average molecular weight is 743 g/mol. The van der Waals surface area contributed by atoms with Gasteiger partial charge in [0, 0.05) is 50.3 Å². The number of benzene rings is 7. The molecule has 0 unspecified atom stereocenters. The molecule has 0 amide bonds. The first kappa shape index (κ1) is 35.4. The van der Waals surface area contributed by atoms with Crippen molar-refractivity contribution in [3.05, 3.63) is 193 Å². The van der Waals surface area contributed by atoms with Crippen molar-refractivity contribution in [3.8, 4) is 0 Å². The van der Waals surface area contributed by atoms with Crippen LogP contribution in [0, 0.1) is 0 Å². The molecule has 8 aromatic rings. The smallest absolute Gasteiger partial charge is 0.135 e. The molecule has 57 heavy (non-hydrogen) atoms. The summed E-state index contributed by atoms with van der Waals surface area (Å²) in [5.41, 5.74) is 13.1. The third kappa shape index (κ3) is 6.80. The second-order valence-electron chi connectivity index (χ2n) is 16.3. The zero-order valence-electron chi connectivity index (χ0n) is 32.7. The number of rotatable bonds is 9. The molecule has 2 saturated carbocycles. The number of hydrogen-bond acceptors (Lipinski definition) is 3. The van der Waals surface area contributed by atoms with E-state index >= 15 is 0 Å². The highest BCUT2D eigenvalue weighted by Crippen LogP contribution is 2.47. The maximum Gasteiger partial charge on any atom is 0.135 e. The second-order valence-corrected chi connectivity index (χ2v) is 16.3. The van der Waals surface area contributed by atoms with Gasteiger partial charge in [-0.1, -0.05) is 130 Å². The molecule has 2 aliphatic rings. The van der Waals surface area contributed by atoms with Crippen LogP contribution in [0.3, 0.4) is 0 Å². The fourth-order valence-electron chi connectivity index (χ4n) is 9.99. The second kappa shape index (κ2) is 15.5. The lowest BCUT2D eigenvalue weighted by Gasteiger charge is -2.39. The van der Waals surface area contributed by atoms with Gasteiger partial charge >= 0.3 is 0 Å².